The van der Waals surface area contributed by atoms with Crippen LogP contribution in [0.5, 0.6) is 17.2 Å². The highest BCUT2D eigenvalue weighted by Gasteiger charge is 2.35. The molecule has 4 rings (SSSR count). The summed E-state index contributed by atoms with van der Waals surface area (Å²) in [5, 5.41) is -0.305. The molecule has 0 saturated carbocycles. The molecule has 0 atom stereocenters. The standard InChI is InChI=1S/C28H26INO5S/c1-18-9-10-19(2)23(13-18)34-12-11-30-27(31)25(36-28(30)32)16-21-14-22(29)26(24(15-21)33-3)35-17-20-7-5-4-6-8-20/h4-10,13-16H,11-12,17H2,1-3H3/b25-16-. The second kappa shape index (κ2) is 11.8. The molecule has 3 aromatic rings. The van der Waals surface area contributed by atoms with Crippen molar-refractivity contribution in [1.29, 1.82) is 0 Å². The Hall–Kier alpha value is -2.98. The van der Waals surface area contributed by atoms with E-state index in [0.29, 0.717) is 23.0 Å². The number of aryl methyl sites for hydroxylation is 2. The smallest absolute Gasteiger partial charge is 0.293 e. The highest BCUT2D eigenvalue weighted by Crippen LogP contribution is 2.37. The summed E-state index contributed by atoms with van der Waals surface area (Å²) in [7, 11) is 1.58. The third kappa shape index (κ3) is 6.22. The molecule has 1 aliphatic heterocycles. The molecule has 0 aromatic heterocycles. The third-order valence-corrected chi connectivity index (χ3v) is 7.27. The Labute approximate surface area is 228 Å². The van der Waals surface area contributed by atoms with Crippen molar-refractivity contribution in [3.63, 3.8) is 0 Å². The number of methoxy groups -OCH3 is 1. The van der Waals surface area contributed by atoms with E-state index in [9.17, 15) is 9.59 Å². The Bertz CT molecular complexity index is 1310. The zero-order valence-electron chi connectivity index (χ0n) is 20.2. The lowest BCUT2D eigenvalue weighted by Gasteiger charge is -2.15. The van der Waals surface area contributed by atoms with Crippen LogP contribution in [0.2, 0.25) is 0 Å². The molecule has 8 heteroatoms. The van der Waals surface area contributed by atoms with Crippen molar-refractivity contribution in [2.45, 2.75) is 20.5 Å². The van der Waals surface area contributed by atoms with E-state index in [-0.39, 0.29) is 24.3 Å². The fraction of sp³-hybridized carbons (Fsp3) is 0.214. The van der Waals surface area contributed by atoms with Gasteiger partial charge in [0, 0.05) is 0 Å². The molecular formula is C28H26INO5S. The molecule has 1 heterocycles. The van der Waals surface area contributed by atoms with Gasteiger partial charge >= 0.3 is 0 Å². The molecule has 0 radical (unpaired) electrons. The van der Waals surface area contributed by atoms with Crippen LogP contribution in [-0.2, 0) is 11.4 Å². The van der Waals surface area contributed by atoms with E-state index in [1.165, 1.54) is 4.90 Å². The number of nitrogens with zero attached hydrogens (tertiary/aromatic N) is 1. The van der Waals surface area contributed by atoms with Crippen LogP contribution in [-0.4, -0.2) is 36.3 Å². The topological polar surface area (TPSA) is 65.1 Å². The molecular weight excluding hydrogens is 589 g/mol. The number of imide groups is 1. The Balaban J connectivity index is 1.44. The number of carbonyl (C=O) groups is 2. The predicted molar refractivity (Wildman–Crippen MR) is 151 cm³/mol. The molecule has 36 heavy (non-hydrogen) atoms. The number of benzene rings is 3. The first-order valence-corrected chi connectivity index (χ1v) is 13.2. The van der Waals surface area contributed by atoms with Crippen molar-refractivity contribution >= 4 is 51.6 Å². The quantitative estimate of drug-likeness (QED) is 0.200. The van der Waals surface area contributed by atoms with Crippen LogP contribution in [0.3, 0.4) is 0 Å². The van der Waals surface area contributed by atoms with Gasteiger partial charge < -0.3 is 14.2 Å². The largest absolute Gasteiger partial charge is 0.493 e. The van der Waals surface area contributed by atoms with Crippen LogP contribution < -0.4 is 14.2 Å². The maximum atomic E-state index is 13.0. The van der Waals surface area contributed by atoms with Gasteiger partial charge in [-0.25, -0.2) is 0 Å². The van der Waals surface area contributed by atoms with Crippen LogP contribution in [0.1, 0.15) is 22.3 Å². The number of hydrogen-bond acceptors (Lipinski definition) is 6. The fourth-order valence-electron chi connectivity index (χ4n) is 3.65. The van der Waals surface area contributed by atoms with Crippen LogP contribution in [0.15, 0.2) is 65.6 Å². The predicted octanol–water partition coefficient (Wildman–Crippen LogP) is 6.61. The van der Waals surface area contributed by atoms with Gasteiger partial charge in [-0.1, -0.05) is 42.5 Å². The monoisotopic (exact) mass is 615 g/mol. The van der Waals surface area contributed by atoms with Gasteiger partial charge in [0.2, 0.25) is 0 Å². The number of rotatable bonds is 9. The average molecular weight is 615 g/mol. The third-order valence-electron chi connectivity index (χ3n) is 5.57. The average Bonchev–Trinajstić information content (AvgIpc) is 3.13. The fourth-order valence-corrected chi connectivity index (χ4v) is 5.29. The maximum Gasteiger partial charge on any atom is 0.293 e. The van der Waals surface area contributed by atoms with Crippen LogP contribution in [0, 0.1) is 17.4 Å². The second-order valence-corrected chi connectivity index (χ2v) is 10.4. The minimum atomic E-state index is -0.326. The van der Waals surface area contributed by atoms with Gasteiger partial charge in [0.15, 0.2) is 11.5 Å². The minimum Gasteiger partial charge on any atom is -0.493 e. The number of halogens is 1. The minimum absolute atomic E-state index is 0.183. The first-order chi connectivity index (χ1) is 17.4. The zero-order chi connectivity index (χ0) is 25.7. The lowest BCUT2D eigenvalue weighted by molar-refractivity contribution is -0.123. The summed E-state index contributed by atoms with van der Waals surface area (Å²) >= 11 is 3.11. The first kappa shape index (κ1) is 26.1. The van der Waals surface area contributed by atoms with Crippen LogP contribution >= 0.6 is 34.4 Å². The van der Waals surface area contributed by atoms with Crippen LogP contribution in [0.25, 0.3) is 6.08 Å². The zero-order valence-corrected chi connectivity index (χ0v) is 23.2. The van der Waals surface area contributed by atoms with E-state index < -0.39 is 0 Å². The van der Waals surface area contributed by atoms with Gasteiger partial charge in [0.05, 0.1) is 22.1 Å². The van der Waals surface area contributed by atoms with Crippen molar-refractivity contribution in [2.24, 2.45) is 0 Å². The molecule has 0 N–H and O–H groups in total. The molecule has 186 valence electrons. The summed E-state index contributed by atoms with van der Waals surface area (Å²) in [6.45, 7) is 4.78. The highest BCUT2D eigenvalue weighted by molar-refractivity contribution is 14.1. The summed E-state index contributed by atoms with van der Waals surface area (Å²) in [4.78, 5) is 27.1. The Morgan fingerprint density at radius 1 is 0.972 bits per heavy atom. The summed E-state index contributed by atoms with van der Waals surface area (Å²) in [5.74, 6) is 1.63. The van der Waals surface area contributed by atoms with E-state index in [4.69, 9.17) is 14.2 Å². The Kier molecular flexibility index (Phi) is 8.58. The van der Waals surface area contributed by atoms with Crippen molar-refractivity contribution in [1.82, 2.24) is 4.90 Å². The molecule has 1 saturated heterocycles. The van der Waals surface area contributed by atoms with E-state index >= 15 is 0 Å². The van der Waals surface area contributed by atoms with E-state index in [2.05, 4.69) is 22.6 Å². The summed E-state index contributed by atoms with van der Waals surface area (Å²) in [5.41, 5.74) is 3.90. The Morgan fingerprint density at radius 3 is 2.50 bits per heavy atom. The van der Waals surface area contributed by atoms with E-state index in [1.807, 2.05) is 68.4 Å². The molecule has 0 unspecified atom stereocenters. The lowest BCUT2D eigenvalue weighted by atomic mass is 10.1. The highest BCUT2D eigenvalue weighted by atomic mass is 127. The normalized spacial score (nSPS) is 14.4. The number of amides is 2. The molecule has 0 spiro atoms. The van der Waals surface area contributed by atoms with Gasteiger partial charge in [-0.2, -0.15) is 0 Å². The van der Waals surface area contributed by atoms with Crippen molar-refractivity contribution < 1.29 is 23.8 Å². The van der Waals surface area contributed by atoms with E-state index in [1.54, 1.807) is 19.3 Å². The van der Waals surface area contributed by atoms with Crippen molar-refractivity contribution in [3.05, 3.63) is 91.4 Å². The van der Waals surface area contributed by atoms with Crippen LogP contribution in [0.4, 0.5) is 4.79 Å². The van der Waals surface area contributed by atoms with Crippen molar-refractivity contribution in [3.8, 4) is 17.2 Å². The Morgan fingerprint density at radius 2 is 1.75 bits per heavy atom. The SMILES string of the molecule is COc1cc(/C=C2\SC(=O)N(CCOc3cc(C)ccc3C)C2=O)cc(I)c1OCc1ccccc1. The van der Waals surface area contributed by atoms with Gasteiger partial charge in [0.25, 0.3) is 11.1 Å². The number of thioether (sulfide) groups is 1. The van der Waals surface area contributed by atoms with Crippen molar-refractivity contribution in [2.75, 3.05) is 20.3 Å². The van der Waals surface area contributed by atoms with Gasteiger partial charge in [-0.05, 0) is 94.7 Å². The first-order valence-electron chi connectivity index (χ1n) is 11.4. The molecule has 0 bridgehead atoms. The molecule has 1 fully saturated rings. The van der Waals surface area contributed by atoms with Gasteiger partial charge in [-0.15, -0.1) is 0 Å². The summed E-state index contributed by atoms with van der Waals surface area (Å²) < 4.78 is 18.3. The van der Waals surface area contributed by atoms with E-state index in [0.717, 1.165) is 43.3 Å². The van der Waals surface area contributed by atoms with Gasteiger partial charge in [0.1, 0.15) is 19.0 Å². The summed E-state index contributed by atoms with van der Waals surface area (Å²) in [6, 6.07) is 19.5. The maximum absolute atomic E-state index is 13.0. The molecule has 3 aromatic carbocycles. The molecule has 1 aliphatic rings. The molecule has 6 nitrogen and oxygen atoms in total. The lowest BCUT2D eigenvalue weighted by Crippen LogP contribution is -2.32. The second-order valence-electron chi connectivity index (χ2n) is 8.26. The number of hydrogen-bond donors (Lipinski definition) is 0. The number of carbonyl (C=O) groups excluding carboxylic acids is 2. The molecule has 0 aliphatic carbocycles. The van der Waals surface area contributed by atoms with Gasteiger partial charge in [-0.3, -0.25) is 14.5 Å². The molecule has 2 amide bonds. The summed E-state index contributed by atoms with van der Waals surface area (Å²) in [6.07, 6.45) is 1.71. The number of ether oxygens (including phenoxy) is 3.